The summed E-state index contributed by atoms with van der Waals surface area (Å²) in [5.41, 5.74) is 2.41. The lowest BCUT2D eigenvalue weighted by molar-refractivity contribution is -0.120. The Labute approximate surface area is 170 Å². The minimum Gasteiger partial charge on any atom is -0.467 e. The minimum atomic E-state index is -0.181. The summed E-state index contributed by atoms with van der Waals surface area (Å²) in [6.45, 7) is 2.54. The SMILES string of the molecule is CCC(NC(=O)CNc1ccc(C(=O)NCc2ccco2)cc1)c1ccccc1. The molecule has 1 unspecified atom stereocenters. The van der Waals surface area contributed by atoms with Crippen LogP contribution < -0.4 is 16.0 Å². The smallest absolute Gasteiger partial charge is 0.251 e. The Bertz CT molecular complexity index is 906. The summed E-state index contributed by atoms with van der Waals surface area (Å²) in [6, 6.07) is 20.5. The van der Waals surface area contributed by atoms with Crippen LogP contribution in [0, 0.1) is 0 Å². The molecule has 3 rings (SSSR count). The first-order chi connectivity index (χ1) is 14.2. The van der Waals surface area contributed by atoms with Crippen molar-refractivity contribution in [3.63, 3.8) is 0 Å². The number of furan rings is 1. The number of hydrogen-bond donors (Lipinski definition) is 3. The summed E-state index contributed by atoms with van der Waals surface area (Å²) < 4.78 is 5.19. The number of amides is 2. The average Bonchev–Trinajstić information content (AvgIpc) is 3.29. The Kier molecular flexibility index (Phi) is 7.05. The van der Waals surface area contributed by atoms with Crippen molar-refractivity contribution in [2.45, 2.75) is 25.9 Å². The molecule has 1 heterocycles. The van der Waals surface area contributed by atoms with E-state index in [9.17, 15) is 9.59 Å². The molecule has 0 bridgehead atoms. The molecule has 29 heavy (non-hydrogen) atoms. The van der Waals surface area contributed by atoms with E-state index in [1.165, 1.54) is 0 Å². The molecule has 0 radical (unpaired) electrons. The van der Waals surface area contributed by atoms with E-state index in [0.717, 1.165) is 17.7 Å². The van der Waals surface area contributed by atoms with Gasteiger partial charge in [0.15, 0.2) is 0 Å². The van der Waals surface area contributed by atoms with E-state index < -0.39 is 0 Å². The monoisotopic (exact) mass is 391 g/mol. The van der Waals surface area contributed by atoms with Crippen molar-refractivity contribution in [3.8, 4) is 0 Å². The van der Waals surface area contributed by atoms with Crippen molar-refractivity contribution in [1.82, 2.24) is 10.6 Å². The standard InChI is InChI=1S/C23H25N3O3/c1-2-21(17-7-4-3-5-8-17)26-22(27)16-24-19-12-10-18(11-13-19)23(28)25-15-20-9-6-14-29-20/h3-14,21,24H,2,15-16H2,1H3,(H,25,28)(H,26,27). The molecule has 3 aromatic rings. The highest BCUT2D eigenvalue weighted by atomic mass is 16.3. The molecule has 1 aromatic heterocycles. The van der Waals surface area contributed by atoms with Crippen molar-refractivity contribution in [1.29, 1.82) is 0 Å². The maximum absolute atomic E-state index is 12.3. The molecule has 0 fully saturated rings. The summed E-state index contributed by atoms with van der Waals surface area (Å²) in [4.78, 5) is 24.5. The summed E-state index contributed by atoms with van der Waals surface area (Å²) in [6.07, 6.45) is 2.39. The molecular formula is C23H25N3O3. The fourth-order valence-corrected chi connectivity index (χ4v) is 2.96. The van der Waals surface area contributed by atoms with E-state index in [-0.39, 0.29) is 24.4 Å². The van der Waals surface area contributed by atoms with Crippen LogP contribution in [-0.2, 0) is 11.3 Å². The van der Waals surface area contributed by atoms with Crippen molar-refractivity contribution >= 4 is 17.5 Å². The number of carbonyl (C=O) groups excluding carboxylic acids is 2. The van der Waals surface area contributed by atoms with Crippen molar-refractivity contribution in [3.05, 3.63) is 89.9 Å². The van der Waals surface area contributed by atoms with Crippen LogP contribution in [0.3, 0.4) is 0 Å². The van der Waals surface area contributed by atoms with Crippen LogP contribution in [0.15, 0.2) is 77.4 Å². The van der Waals surface area contributed by atoms with Gasteiger partial charge in [0, 0.05) is 11.3 Å². The second-order valence-corrected chi connectivity index (χ2v) is 6.63. The predicted octanol–water partition coefficient (Wildman–Crippen LogP) is 3.89. The van der Waals surface area contributed by atoms with E-state index >= 15 is 0 Å². The Balaban J connectivity index is 1.46. The van der Waals surface area contributed by atoms with Gasteiger partial charge in [-0.3, -0.25) is 9.59 Å². The molecule has 0 saturated carbocycles. The largest absolute Gasteiger partial charge is 0.467 e. The molecular weight excluding hydrogens is 366 g/mol. The Morgan fingerprint density at radius 3 is 2.38 bits per heavy atom. The van der Waals surface area contributed by atoms with Crippen molar-refractivity contribution in [2.75, 3.05) is 11.9 Å². The zero-order valence-electron chi connectivity index (χ0n) is 16.4. The van der Waals surface area contributed by atoms with Gasteiger partial charge in [0.25, 0.3) is 5.91 Å². The van der Waals surface area contributed by atoms with E-state index in [4.69, 9.17) is 4.42 Å². The zero-order valence-corrected chi connectivity index (χ0v) is 16.4. The normalized spacial score (nSPS) is 11.5. The molecule has 150 valence electrons. The van der Waals surface area contributed by atoms with E-state index in [1.807, 2.05) is 37.3 Å². The summed E-state index contributed by atoms with van der Waals surface area (Å²) in [5.74, 6) is 0.434. The number of benzene rings is 2. The van der Waals surface area contributed by atoms with Crippen molar-refractivity contribution in [2.24, 2.45) is 0 Å². The predicted molar refractivity (Wildman–Crippen MR) is 112 cm³/mol. The van der Waals surface area contributed by atoms with Gasteiger partial charge in [-0.15, -0.1) is 0 Å². The lowest BCUT2D eigenvalue weighted by Gasteiger charge is -2.18. The minimum absolute atomic E-state index is 0.00858. The first-order valence-electron chi connectivity index (χ1n) is 9.64. The van der Waals surface area contributed by atoms with Crippen LogP contribution in [0.2, 0.25) is 0 Å². The fourth-order valence-electron chi connectivity index (χ4n) is 2.96. The van der Waals surface area contributed by atoms with Crippen LogP contribution in [0.25, 0.3) is 0 Å². The second kappa shape index (κ2) is 10.1. The maximum Gasteiger partial charge on any atom is 0.251 e. The average molecular weight is 391 g/mol. The molecule has 0 aliphatic heterocycles. The lowest BCUT2D eigenvalue weighted by Crippen LogP contribution is -2.33. The Morgan fingerprint density at radius 2 is 1.72 bits per heavy atom. The van der Waals surface area contributed by atoms with Gasteiger partial charge < -0.3 is 20.4 Å². The number of anilines is 1. The van der Waals surface area contributed by atoms with Gasteiger partial charge in [-0.1, -0.05) is 37.3 Å². The second-order valence-electron chi connectivity index (χ2n) is 6.63. The summed E-state index contributed by atoms with van der Waals surface area (Å²) in [5, 5.41) is 8.92. The van der Waals surface area contributed by atoms with Gasteiger partial charge in [-0.25, -0.2) is 0 Å². The maximum atomic E-state index is 12.3. The summed E-state index contributed by atoms with van der Waals surface area (Å²) >= 11 is 0. The third-order valence-corrected chi connectivity index (χ3v) is 4.55. The van der Waals surface area contributed by atoms with Gasteiger partial charge in [0.2, 0.25) is 5.91 Å². The van der Waals surface area contributed by atoms with Crippen LogP contribution >= 0.6 is 0 Å². The topological polar surface area (TPSA) is 83.4 Å². The molecule has 0 aliphatic carbocycles. The molecule has 1 atom stereocenters. The third-order valence-electron chi connectivity index (χ3n) is 4.55. The van der Waals surface area contributed by atoms with E-state index in [1.54, 1.807) is 42.7 Å². The highest BCUT2D eigenvalue weighted by molar-refractivity contribution is 5.94. The van der Waals surface area contributed by atoms with Gasteiger partial charge >= 0.3 is 0 Å². The lowest BCUT2D eigenvalue weighted by atomic mass is 10.0. The Hall–Kier alpha value is -3.54. The molecule has 6 heteroatoms. The summed E-state index contributed by atoms with van der Waals surface area (Å²) in [7, 11) is 0. The molecule has 0 saturated heterocycles. The van der Waals surface area contributed by atoms with Crippen molar-refractivity contribution < 1.29 is 14.0 Å². The molecule has 2 amide bonds. The van der Waals surface area contributed by atoms with Crippen LogP contribution in [0.1, 0.15) is 41.1 Å². The quantitative estimate of drug-likeness (QED) is 0.517. The zero-order chi connectivity index (χ0) is 20.5. The fraction of sp³-hybridized carbons (Fsp3) is 0.217. The molecule has 0 spiro atoms. The van der Waals surface area contributed by atoms with Gasteiger partial charge in [-0.2, -0.15) is 0 Å². The van der Waals surface area contributed by atoms with E-state index in [2.05, 4.69) is 16.0 Å². The molecule has 0 aliphatic rings. The number of hydrogen-bond acceptors (Lipinski definition) is 4. The van der Waals surface area contributed by atoms with Crippen LogP contribution in [0.4, 0.5) is 5.69 Å². The number of rotatable bonds is 9. The van der Waals surface area contributed by atoms with Gasteiger partial charge in [0.05, 0.1) is 25.4 Å². The molecule has 6 nitrogen and oxygen atoms in total. The van der Waals surface area contributed by atoms with Crippen LogP contribution in [-0.4, -0.2) is 18.4 Å². The third kappa shape index (κ3) is 5.97. The number of nitrogens with one attached hydrogen (secondary N) is 3. The van der Waals surface area contributed by atoms with E-state index in [0.29, 0.717) is 17.9 Å². The number of carbonyl (C=O) groups is 2. The van der Waals surface area contributed by atoms with Crippen LogP contribution in [0.5, 0.6) is 0 Å². The van der Waals surface area contributed by atoms with Gasteiger partial charge in [-0.05, 0) is 48.4 Å². The highest BCUT2D eigenvalue weighted by Gasteiger charge is 2.12. The molecule has 2 aromatic carbocycles. The highest BCUT2D eigenvalue weighted by Crippen LogP contribution is 2.16. The first-order valence-corrected chi connectivity index (χ1v) is 9.64. The first kappa shape index (κ1) is 20.2. The van der Waals surface area contributed by atoms with Gasteiger partial charge in [0.1, 0.15) is 5.76 Å². The Morgan fingerprint density at radius 1 is 0.966 bits per heavy atom. The molecule has 3 N–H and O–H groups in total.